The highest BCUT2D eigenvalue weighted by molar-refractivity contribution is 5.69. The summed E-state index contributed by atoms with van der Waals surface area (Å²) in [4.78, 5) is 20.3. The van der Waals surface area contributed by atoms with Crippen LogP contribution in [0.25, 0.3) is 22.6 Å². The molecule has 1 saturated heterocycles. The van der Waals surface area contributed by atoms with Gasteiger partial charge in [0.1, 0.15) is 17.3 Å². The van der Waals surface area contributed by atoms with Crippen molar-refractivity contribution in [2.45, 2.75) is 25.6 Å². The Bertz CT molecular complexity index is 1470. The minimum absolute atomic E-state index is 0.00944. The summed E-state index contributed by atoms with van der Waals surface area (Å²) in [5, 5.41) is 9.34. The van der Waals surface area contributed by atoms with Crippen molar-refractivity contribution >= 4 is 11.7 Å². The smallest absolute Gasteiger partial charge is 0.434 e. The number of carbonyl (C=O) groups is 1. The lowest BCUT2D eigenvalue weighted by Gasteiger charge is -2.31. The zero-order valence-corrected chi connectivity index (χ0v) is 19.3. The fourth-order valence-electron chi connectivity index (χ4n) is 4.37. The Balaban J connectivity index is 1.58. The van der Waals surface area contributed by atoms with E-state index in [-0.39, 0.29) is 37.5 Å². The average molecular weight is 521 g/mol. The van der Waals surface area contributed by atoms with Crippen molar-refractivity contribution in [1.29, 1.82) is 0 Å². The molecule has 0 bridgehead atoms. The highest BCUT2D eigenvalue weighted by atomic mass is 19.4. The van der Waals surface area contributed by atoms with Gasteiger partial charge in [-0.1, -0.05) is 0 Å². The van der Waals surface area contributed by atoms with Gasteiger partial charge in [-0.25, -0.2) is 23.5 Å². The van der Waals surface area contributed by atoms with Crippen LogP contribution in [0.2, 0.25) is 0 Å². The number of nitrogens with zero attached hydrogens (tertiary/aromatic N) is 5. The molecule has 1 N–H and O–H groups in total. The number of rotatable bonds is 4. The lowest BCUT2D eigenvalue weighted by Crippen LogP contribution is -2.45. The number of ether oxygens (including phenoxy) is 1. The number of imidazole rings is 2. The van der Waals surface area contributed by atoms with E-state index in [9.17, 15) is 23.1 Å². The van der Waals surface area contributed by atoms with Gasteiger partial charge in [0.25, 0.3) is 0 Å². The number of fused-ring (bicyclic) bond motifs is 1. The van der Waals surface area contributed by atoms with Crippen LogP contribution in [-0.2, 0) is 17.3 Å². The van der Waals surface area contributed by atoms with Crippen LogP contribution in [0.4, 0.5) is 26.7 Å². The van der Waals surface area contributed by atoms with Crippen LogP contribution < -0.4 is 0 Å². The van der Waals surface area contributed by atoms with Gasteiger partial charge < -0.3 is 23.7 Å². The van der Waals surface area contributed by atoms with Crippen molar-refractivity contribution < 1.29 is 36.6 Å². The van der Waals surface area contributed by atoms with Gasteiger partial charge in [-0.05, 0) is 36.8 Å². The first-order chi connectivity index (χ1) is 17.5. The monoisotopic (exact) mass is 521 g/mol. The van der Waals surface area contributed by atoms with E-state index in [1.807, 2.05) is 6.92 Å². The fourth-order valence-corrected chi connectivity index (χ4v) is 4.37. The van der Waals surface area contributed by atoms with E-state index in [2.05, 4.69) is 9.97 Å². The summed E-state index contributed by atoms with van der Waals surface area (Å²) in [6, 6.07) is 5.33. The molecule has 0 spiro atoms. The molecule has 0 aliphatic carbocycles. The Labute approximate surface area is 206 Å². The minimum atomic E-state index is -4.71. The molecule has 1 aliphatic heterocycles. The molecule has 1 amide bonds. The van der Waals surface area contributed by atoms with Crippen LogP contribution in [0.15, 0.2) is 43.0 Å². The number of aryl methyl sites for hydroxylation is 1. The second-order valence-corrected chi connectivity index (χ2v) is 8.71. The molecule has 1 aromatic carbocycles. The van der Waals surface area contributed by atoms with Gasteiger partial charge in [0.2, 0.25) is 0 Å². The summed E-state index contributed by atoms with van der Waals surface area (Å²) in [6.07, 6.45) is -3.11. The molecule has 13 heteroatoms. The third kappa shape index (κ3) is 4.73. The van der Waals surface area contributed by atoms with E-state index >= 15 is 8.78 Å². The first-order valence-electron chi connectivity index (χ1n) is 11.2. The maximum Gasteiger partial charge on any atom is 0.434 e. The SMILES string of the molecule is Cc1ccn2c(C[C@H]3CN(C(=O)O)CCO3)c(-c3c(F)cc(-n4cnc(C(F)(F)F)c4)cc3F)nc2c1. The molecule has 5 rings (SSSR count). The summed E-state index contributed by atoms with van der Waals surface area (Å²) in [5.74, 6) is -2.06. The largest absolute Gasteiger partial charge is 0.465 e. The molecule has 0 radical (unpaired) electrons. The Morgan fingerprint density at radius 3 is 2.59 bits per heavy atom. The summed E-state index contributed by atoms with van der Waals surface area (Å²) in [6.45, 7) is 2.28. The van der Waals surface area contributed by atoms with E-state index in [0.717, 1.165) is 28.6 Å². The highest BCUT2D eigenvalue weighted by Gasteiger charge is 2.34. The lowest BCUT2D eigenvalue weighted by molar-refractivity contribution is -0.140. The molecule has 1 fully saturated rings. The van der Waals surface area contributed by atoms with Crippen LogP contribution in [0, 0.1) is 18.6 Å². The molecule has 8 nitrogen and oxygen atoms in total. The van der Waals surface area contributed by atoms with Crippen LogP contribution in [-0.4, -0.2) is 60.8 Å². The average Bonchev–Trinajstić information content (AvgIpc) is 3.45. The maximum absolute atomic E-state index is 15.4. The van der Waals surface area contributed by atoms with Crippen molar-refractivity contribution in [2.24, 2.45) is 0 Å². The quantitative estimate of drug-likeness (QED) is 0.393. The van der Waals surface area contributed by atoms with Crippen LogP contribution in [0.1, 0.15) is 17.0 Å². The number of pyridine rings is 1. The minimum Gasteiger partial charge on any atom is -0.465 e. The molecular formula is C24H20F5N5O3. The number of hydrogen-bond acceptors (Lipinski definition) is 4. The molecule has 37 heavy (non-hydrogen) atoms. The number of aromatic nitrogens is 4. The maximum atomic E-state index is 15.4. The Morgan fingerprint density at radius 1 is 1.22 bits per heavy atom. The van der Waals surface area contributed by atoms with Crippen LogP contribution in [0.5, 0.6) is 0 Å². The topological polar surface area (TPSA) is 84.9 Å². The van der Waals surface area contributed by atoms with Gasteiger partial charge in [0.15, 0.2) is 5.69 Å². The normalized spacial score (nSPS) is 16.5. The van der Waals surface area contributed by atoms with Gasteiger partial charge in [0, 0.05) is 25.4 Å². The number of amides is 1. The Morgan fingerprint density at radius 2 is 1.95 bits per heavy atom. The zero-order valence-electron chi connectivity index (χ0n) is 19.3. The van der Waals surface area contributed by atoms with Crippen molar-refractivity contribution in [2.75, 3.05) is 19.7 Å². The molecule has 4 aromatic rings. The van der Waals surface area contributed by atoms with Gasteiger partial charge in [-0.2, -0.15) is 13.2 Å². The molecule has 0 unspecified atom stereocenters. The predicted octanol–water partition coefficient (Wildman–Crippen LogP) is 4.71. The summed E-state index contributed by atoms with van der Waals surface area (Å²) in [5.41, 5.74) is -0.165. The first-order valence-corrected chi connectivity index (χ1v) is 11.2. The first kappa shape index (κ1) is 24.7. The number of hydrogen-bond donors (Lipinski definition) is 1. The third-order valence-corrected chi connectivity index (χ3v) is 6.15. The summed E-state index contributed by atoms with van der Waals surface area (Å²) < 4.78 is 77.8. The van der Waals surface area contributed by atoms with Gasteiger partial charge in [0.05, 0.1) is 48.2 Å². The summed E-state index contributed by atoms with van der Waals surface area (Å²) in [7, 11) is 0. The second-order valence-electron chi connectivity index (χ2n) is 8.71. The van der Waals surface area contributed by atoms with Crippen molar-refractivity contribution in [3.63, 3.8) is 0 Å². The molecule has 3 aromatic heterocycles. The molecule has 4 heterocycles. The fraction of sp³-hybridized carbons (Fsp3) is 0.292. The molecule has 194 valence electrons. The second kappa shape index (κ2) is 9.14. The third-order valence-electron chi connectivity index (χ3n) is 6.15. The van der Waals surface area contributed by atoms with Crippen LogP contribution >= 0.6 is 0 Å². The van der Waals surface area contributed by atoms with Gasteiger partial charge in [-0.3, -0.25) is 0 Å². The number of halogens is 5. The predicted molar refractivity (Wildman–Crippen MR) is 120 cm³/mol. The Kier molecular flexibility index (Phi) is 6.10. The molecular weight excluding hydrogens is 501 g/mol. The van der Waals surface area contributed by atoms with Gasteiger partial charge in [-0.15, -0.1) is 0 Å². The van der Waals surface area contributed by atoms with E-state index < -0.39 is 41.3 Å². The van der Waals surface area contributed by atoms with E-state index in [0.29, 0.717) is 17.5 Å². The van der Waals surface area contributed by atoms with Crippen molar-refractivity contribution in [1.82, 2.24) is 23.8 Å². The standard InChI is InChI=1S/C24H20F5N5O3/c1-13-2-3-34-18(9-15-10-32(23(35)36)4-5-37-15)22(31-20(34)6-13)21-16(25)7-14(8-17(21)26)33-11-19(30-12-33)24(27,28)29/h2-3,6-8,11-12,15H,4-5,9-10H2,1H3,(H,35,36)/t15-/m0/s1. The van der Waals surface area contributed by atoms with Crippen molar-refractivity contribution in [3.05, 3.63) is 71.6 Å². The highest BCUT2D eigenvalue weighted by Crippen LogP contribution is 2.34. The molecule has 1 aliphatic rings. The molecule has 1 atom stereocenters. The van der Waals surface area contributed by atoms with E-state index in [4.69, 9.17) is 4.74 Å². The molecule has 0 saturated carbocycles. The van der Waals surface area contributed by atoms with Crippen molar-refractivity contribution in [3.8, 4) is 16.9 Å². The Hall–Kier alpha value is -4.00. The summed E-state index contributed by atoms with van der Waals surface area (Å²) >= 11 is 0. The van der Waals surface area contributed by atoms with E-state index in [1.165, 1.54) is 4.90 Å². The lowest BCUT2D eigenvalue weighted by atomic mass is 10.0. The number of benzene rings is 1. The van der Waals surface area contributed by atoms with Crippen LogP contribution in [0.3, 0.4) is 0 Å². The van der Waals surface area contributed by atoms with Gasteiger partial charge >= 0.3 is 12.3 Å². The number of alkyl halides is 3. The van der Waals surface area contributed by atoms with E-state index in [1.54, 1.807) is 22.7 Å². The number of carboxylic acid groups (broad SMARTS) is 1. The zero-order chi connectivity index (χ0) is 26.5. The number of morpholine rings is 1.